The molecule has 1 aromatic carbocycles. The molecule has 1 N–H and O–H groups in total. The van der Waals surface area contributed by atoms with Crippen LogP contribution in [-0.2, 0) is 27.8 Å². The molecule has 2 rings (SSSR count). The van der Waals surface area contributed by atoms with Gasteiger partial charge in [0, 0.05) is 30.1 Å². The smallest absolute Gasteiger partial charge is 0.331 e. The van der Waals surface area contributed by atoms with Crippen LogP contribution >= 0.6 is 0 Å². The van der Waals surface area contributed by atoms with Crippen LogP contribution in [0.5, 0.6) is 0 Å². The lowest BCUT2D eigenvalue weighted by molar-refractivity contribution is -0.142. The highest BCUT2D eigenvalue weighted by atomic mass is 16.5. The summed E-state index contributed by atoms with van der Waals surface area (Å²) >= 11 is 0. The van der Waals surface area contributed by atoms with Crippen LogP contribution in [0.15, 0.2) is 30.3 Å². The van der Waals surface area contributed by atoms with E-state index in [1.165, 1.54) is 11.6 Å². The molecule has 0 unspecified atom stereocenters. The number of unbranched alkanes of at least 4 members (excludes halogenated alkanes) is 1. The highest BCUT2D eigenvalue weighted by molar-refractivity contribution is 5.94. The van der Waals surface area contributed by atoms with Crippen molar-refractivity contribution in [2.24, 2.45) is 7.05 Å². The maximum atomic E-state index is 11.9. The van der Waals surface area contributed by atoms with Crippen LogP contribution in [0.2, 0.25) is 0 Å². The van der Waals surface area contributed by atoms with Gasteiger partial charge in [-0.25, -0.2) is 4.79 Å². The van der Waals surface area contributed by atoms with Gasteiger partial charge in [0.05, 0.1) is 5.69 Å². The fourth-order valence-corrected chi connectivity index (χ4v) is 2.70. The van der Waals surface area contributed by atoms with Crippen molar-refractivity contribution in [1.82, 2.24) is 9.78 Å². The van der Waals surface area contributed by atoms with Crippen molar-refractivity contribution in [2.45, 2.75) is 40.0 Å². The summed E-state index contributed by atoms with van der Waals surface area (Å²) in [6.07, 6.45) is 6.30. The molecule has 0 spiro atoms. The molecule has 0 bridgehead atoms. The van der Waals surface area contributed by atoms with E-state index in [1.54, 1.807) is 10.8 Å². The predicted octanol–water partition coefficient (Wildman–Crippen LogP) is 3.57. The Hall–Kier alpha value is -2.89. The van der Waals surface area contributed by atoms with Gasteiger partial charge in [-0.3, -0.25) is 9.48 Å². The number of aromatic nitrogens is 2. The lowest BCUT2D eigenvalue weighted by Gasteiger charge is -2.06. The summed E-state index contributed by atoms with van der Waals surface area (Å²) in [4.78, 5) is 23.8. The third kappa shape index (κ3) is 6.09. The van der Waals surface area contributed by atoms with Crippen molar-refractivity contribution in [1.29, 1.82) is 0 Å². The summed E-state index contributed by atoms with van der Waals surface area (Å²) in [5, 5.41) is 7.00. The largest absolute Gasteiger partial charge is 0.452 e. The monoisotopic (exact) mass is 369 g/mol. The first-order valence-electron chi connectivity index (χ1n) is 9.14. The molecule has 1 heterocycles. The molecule has 0 saturated heterocycles. The molecular weight excluding hydrogens is 342 g/mol. The molecule has 6 heteroatoms. The number of ether oxygens (including phenoxy) is 1. The zero-order valence-corrected chi connectivity index (χ0v) is 16.4. The van der Waals surface area contributed by atoms with Crippen molar-refractivity contribution >= 4 is 23.6 Å². The third-order valence-electron chi connectivity index (χ3n) is 4.35. The van der Waals surface area contributed by atoms with E-state index in [-0.39, 0.29) is 12.5 Å². The Labute approximate surface area is 160 Å². The number of rotatable bonds is 8. The van der Waals surface area contributed by atoms with Crippen molar-refractivity contribution in [3.8, 4) is 0 Å². The Kier molecular flexibility index (Phi) is 7.34. The zero-order chi connectivity index (χ0) is 19.8. The van der Waals surface area contributed by atoms with Gasteiger partial charge in [-0.1, -0.05) is 25.5 Å². The van der Waals surface area contributed by atoms with Gasteiger partial charge in [0.15, 0.2) is 6.61 Å². The number of hydrogen-bond acceptors (Lipinski definition) is 4. The summed E-state index contributed by atoms with van der Waals surface area (Å²) in [6, 6.07) is 7.72. The minimum atomic E-state index is -0.567. The van der Waals surface area contributed by atoms with Gasteiger partial charge in [-0.15, -0.1) is 0 Å². The van der Waals surface area contributed by atoms with Crippen LogP contribution in [0.1, 0.15) is 42.3 Å². The molecule has 0 radical (unpaired) electrons. The van der Waals surface area contributed by atoms with Crippen molar-refractivity contribution in [3.05, 3.63) is 52.9 Å². The van der Waals surface area contributed by atoms with Crippen LogP contribution in [0.4, 0.5) is 5.69 Å². The fraction of sp³-hybridized carbons (Fsp3) is 0.381. The predicted molar refractivity (Wildman–Crippen MR) is 106 cm³/mol. The number of benzene rings is 1. The summed E-state index contributed by atoms with van der Waals surface area (Å²) in [6.45, 7) is 5.63. The summed E-state index contributed by atoms with van der Waals surface area (Å²) in [7, 11) is 1.85. The number of esters is 1. The number of carbonyl (C=O) groups excluding carboxylic acids is 2. The molecule has 0 saturated carbocycles. The molecule has 0 aliphatic rings. The van der Waals surface area contributed by atoms with Crippen LogP contribution in [0, 0.1) is 13.8 Å². The van der Waals surface area contributed by atoms with Gasteiger partial charge in [0.2, 0.25) is 0 Å². The summed E-state index contributed by atoms with van der Waals surface area (Å²) in [5.41, 5.74) is 4.60. The Bertz CT molecular complexity index is 820. The number of aryl methyl sites for hydroxylation is 3. The molecule has 0 aliphatic carbocycles. The summed E-state index contributed by atoms with van der Waals surface area (Å²) in [5.74, 6) is -0.936. The number of hydrogen-bond donors (Lipinski definition) is 1. The van der Waals surface area contributed by atoms with E-state index >= 15 is 0 Å². The van der Waals surface area contributed by atoms with E-state index in [9.17, 15) is 9.59 Å². The second-order valence-electron chi connectivity index (χ2n) is 6.50. The second kappa shape index (κ2) is 9.71. The second-order valence-corrected chi connectivity index (χ2v) is 6.50. The van der Waals surface area contributed by atoms with E-state index in [0.29, 0.717) is 5.69 Å². The van der Waals surface area contributed by atoms with Crippen LogP contribution in [-0.4, -0.2) is 28.3 Å². The maximum Gasteiger partial charge on any atom is 0.331 e. The van der Waals surface area contributed by atoms with Gasteiger partial charge in [-0.2, -0.15) is 5.10 Å². The number of nitrogens with zero attached hydrogens (tertiary/aromatic N) is 2. The first kappa shape index (κ1) is 20.4. The molecule has 144 valence electrons. The lowest BCUT2D eigenvalue weighted by atomic mass is 10.1. The Morgan fingerprint density at radius 1 is 1.22 bits per heavy atom. The molecule has 2 aromatic rings. The fourth-order valence-electron chi connectivity index (χ4n) is 2.70. The number of amides is 1. The molecule has 0 atom stereocenters. The molecule has 27 heavy (non-hydrogen) atoms. The molecule has 6 nitrogen and oxygen atoms in total. The minimum Gasteiger partial charge on any atom is -0.452 e. The molecule has 0 fully saturated rings. The lowest BCUT2D eigenvalue weighted by Crippen LogP contribution is -2.20. The maximum absolute atomic E-state index is 11.9. The van der Waals surface area contributed by atoms with Gasteiger partial charge in [0.1, 0.15) is 0 Å². The number of carbonyl (C=O) groups is 2. The van der Waals surface area contributed by atoms with E-state index < -0.39 is 5.97 Å². The SMILES string of the molecule is CCCCc1ccc(NC(=O)COC(=O)/C=C/c2c(C)nn(C)c2C)cc1. The van der Waals surface area contributed by atoms with Gasteiger partial charge >= 0.3 is 5.97 Å². The number of anilines is 1. The first-order chi connectivity index (χ1) is 12.9. The van der Waals surface area contributed by atoms with Crippen LogP contribution in [0.25, 0.3) is 6.08 Å². The van der Waals surface area contributed by atoms with E-state index in [4.69, 9.17) is 4.74 Å². The third-order valence-corrected chi connectivity index (χ3v) is 4.35. The number of nitrogens with one attached hydrogen (secondary N) is 1. The Morgan fingerprint density at radius 3 is 2.52 bits per heavy atom. The quantitative estimate of drug-likeness (QED) is 0.570. The molecule has 0 aliphatic heterocycles. The van der Waals surface area contributed by atoms with E-state index in [1.807, 2.05) is 45.2 Å². The molecule has 1 amide bonds. The Balaban J connectivity index is 1.81. The first-order valence-corrected chi connectivity index (χ1v) is 9.14. The van der Waals surface area contributed by atoms with Crippen molar-refractivity contribution in [2.75, 3.05) is 11.9 Å². The minimum absolute atomic E-state index is 0.328. The average molecular weight is 369 g/mol. The average Bonchev–Trinajstić information content (AvgIpc) is 2.89. The summed E-state index contributed by atoms with van der Waals surface area (Å²) < 4.78 is 6.75. The van der Waals surface area contributed by atoms with Crippen molar-refractivity contribution in [3.63, 3.8) is 0 Å². The standard InChI is InChI=1S/C21H27N3O3/c1-5-6-7-17-8-10-18(11-9-17)22-20(25)14-27-21(26)13-12-19-15(2)23-24(4)16(19)3/h8-13H,5-7,14H2,1-4H3,(H,22,25)/b13-12+. The Morgan fingerprint density at radius 2 is 1.93 bits per heavy atom. The van der Waals surface area contributed by atoms with Crippen LogP contribution < -0.4 is 5.32 Å². The highest BCUT2D eigenvalue weighted by Gasteiger charge is 2.08. The molecular formula is C21H27N3O3. The van der Waals surface area contributed by atoms with Gasteiger partial charge < -0.3 is 10.1 Å². The normalized spacial score (nSPS) is 11.0. The van der Waals surface area contributed by atoms with E-state index in [2.05, 4.69) is 17.3 Å². The van der Waals surface area contributed by atoms with E-state index in [0.717, 1.165) is 36.2 Å². The molecule has 1 aromatic heterocycles. The zero-order valence-electron chi connectivity index (χ0n) is 16.4. The topological polar surface area (TPSA) is 73.2 Å². The highest BCUT2D eigenvalue weighted by Crippen LogP contribution is 2.14. The van der Waals surface area contributed by atoms with Gasteiger partial charge in [0.25, 0.3) is 5.91 Å². The van der Waals surface area contributed by atoms with Crippen LogP contribution in [0.3, 0.4) is 0 Å². The van der Waals surface area contributed by atoms with Gasteiger partial charge in [-0.05, 0) is 50.5 Å². The van der Waals surface area contributed by atoms with Crippen molar-refractivity contribution < 1.29 is 14.3 Å².